The van der Waals surface area contributed by atoms with Gasteiger partial charge in [0.05, 0.1) is 18.1 Å². The van der Waals surface area contributed by atoms with Crippen molar-refractivity contribution in [1.82, 2.24) is 20.1 Å². The Balaban J connectivity index is 1.41. The summed E-state index contributed by atoms with van der Waals surface area (Å²) in [5.41, 5.74) is 2.14. The van der Waals surface area contributed by atoms with Crippen molar-refractivity contribution < 1.29 is 19.1 Å². The van der Waals surface area contributed by atoms with Crippen LogP contribution < -0.4 is 14.8 Å². The van der Waals surface area contributed by atoms with E-state index in [2.05, 4.69) is 10.3 Å². The van der Waals surface area contributed by atoms with E-state index in [1.807, 2.05) is 42.6 Å². The van der Waals surface area contributed by atoms with Crippen molar-refractivity contribution >= 4 is 29.0 Å². The van der Waals surface area contributed by atoms with Gasteiger partial charge < -0.3 is 9.47 Å². The van der Waals surface area contributed by atoms with Gasteiger partial charge in [-0.3, -0.25) is 14.9 Å². The Morgan fingerprint density at radius 3 is 2.31 bits per heavy atom. The van der Waals surface area contributed by atoms with Crippen LogP contribution in [0, 0.1) is 11.8 Å². The molecule has 2 amide bonds. The van der Waals surface area contributed by atoms with Crippen LogP contribution in [0.3, 0.4) is 0 Å². The molecule has 1 saturated heterocycles. The maximum atomic E-state index is 12.2. The van der Waals surface area contributed by atoms with Gasteiger partial charge in [0.2, 0.25) is 0 Å². The molecule has 3 fully saturated rings. The number of imide groups is 1. The van der Waals surface area contributed by atoms with E-state index in [0.717, 1.165) is 28.8 Å². The smallest absolute Gasteiger partial charge is 0.290 e. The van der Waals surface area contributed by atoms with Gasteiger partial charge in [0.15, 0.2) is 5.82 Å². The molecule has 0 bridgehead atoms. The van der Waals surface area contributed by atoms with E-state index in [-0.39, 0.29) is 5.24 Å². The molecule has 0 atom stereocenters. The van der Waals surface area contributed by atoms with Crippen molar-refractivity contribution in [2.75, 3.05) is 13.2 Å². The van der Waals surface area contributed by atoms with E-state index < -0.39 is 5.91 Å². The number of amides is 2. The second-order valence-electron chi connectivity index (χ2n) is 9.12. The van der Waals surface area contributed by atoms with Gasteiger partial charge in [-0.05, 0) is 79.6 Å². The highest BCUT2D eigenvalue weighted by atomic mass is 32.2. The quantitative estimate of drug-likeness (QED) is 0.431. The summed E-state index contributed by atoms with van der Waals surface area (Å²) in [5, 5.41) is 6.73. The van der Waals surface area contributed by atoms with E-state index in [4.69, 9.17) is 14.6 Å². The Bertz CT molecular complexity index is 1280. The fourth-order valence-corrected chi connectivity index (χ4v) is 4.43. The fraction of sp³-hybridized carbons (Fsp3) is 0.308. The number of carbonyl (C=O) groups excluding carboxylic acids is 2. The second kappa shape index (κ2) is 9.22. The number of benzene rings is 1. The molecule has 178 valence electrons. The molecule has 8 nitrogen and oxygen atoms in total. The van der Waals surface area contributed by atoms with Crippen LogP contribution in [0.25, 0.3) is 23.2 Å². The molecule has 2 saturated carbocycles. The first-order chi connectivity index (χ1) is 17.1. The number of nitrogens with one attached hydrogen (secondary N) is 1. The van der Waals surface area contributed by atoms with Crippen LogP contribution in [0.15, 0.2) is 53.7 Å². The van der Waals surface area contributed by atoms with E-state index in [9.17, 15) is 9.59 Å². The van der Waals surface area contributed by atoms with Crippen LogP contribution in [0.1, 0.15) is 31.2 Å². The predicted octanol–water partition coefficient (Wildman–Crippen LogP) is 4.84. The number of carbonyl (C=O) groups is 2. The first-order valence-electron chi connectivity index (χ1n) is 11.8. The standard InChI is InChI=1S/C26H24N4O4S/c31-25-22(35-26(32)28-25)11-19-13-30(23-3-1-2-8-27-23)29-24(19)18-9-20(33-14-16-4-5-16)12-21(10-18)34-15-17-6-7-17/h1-3,8-13,16-17H,4-7,14-15H2,(H,28,31,32). The van der Waals surface area contributed by atoms with Gasteiger partial charge in [-0.1, -0.05) is 6.07 Å². The Labute approximate surface area is 206 Å². The first-order valence-corrected chi connectivity index (χ1v) is 12.6. The summed E-state index contributed by atoms with van der Waals surface area (Å²) >= 11 is 0.880. The molecule has 0 spiro atoms. The third kappa shape index (κ3) is 5.24. The molecular formula is C26H24N4O4S. The van der Waals surface area contributed by atoms with Crippen LogP contribution in [-0.2, 0) is 4.79 Å². The maximum absolute atomic E-state index is 12.2. The summed E-state index contributed by atoms with van der Waals surface area (Å²) in [6.45, 7) is 1.37. The summed E-state index contributed by atoms with van der Waals surface area (Å²) < 4.78 is 13.9. The number of aromatic nitrogens is 3. The summed E-state index contributed by atoms with van der Waals surface area (Å²) in [4.78, 5) is 28.7. The largest absolute Gasteiger partial charge is 0.493 e. The molecule has 35 heavy (non-hydrogen) atoms. The number of rotatable bonds is 9. The third-order valence-electron chi connectivity index (χ3n) is 6.07. The van der Waals surface area contributed by atoms with Crippen molar-refractivity contribution in [2.24, 2.45) is 11.8 Å². The Morgan fingerprint density at radius 2 is 1.74 bits per heavy atom. The Hall–Kier alpha value is -3.59. The first kappa shape index (κ1) is 21.9. The Kier molecular flexibility index (Phi) is 5.77. The van der Waals surface area contributed by atoms with Gasteiger partial charge in [0.25, 0.3) is 11.1 Å². The number of ether oxygens (including phenoxy) is 2. The van der Waals surface area contributed by atoms with E-state index in [1.54, 1.807) is 17.0 Å². The lowest BCUT2D eigenvalue weighted by atomic mass is 10.1. The average Bonchev–Trinajstić information content (AvgIpc) is 3.79. The van der Waals surface area contributed by atoms with Crippen LogP contribution in [0.5, 0.6) is 11.5 Å². The lowest BCUT2D eigenvalue weighted by Crippen LogP contribution is -2.17. The topological polar surface area (TPSA) is 95.3 Å². The molecule has 6 rings (SSSR count). The summed E-state index contributed by atoms with van der Waals surface area (Å²) in [6, 6.07) is 11.4. The van der Waals surface area contributed by atoms with E-state index in [1.165, 1.54) is 25.7 Å². The summed E-state index contributed by atoms with van der Waals surface area (Å²) in [6.07, 6.45) is 10.0. The summed E-state index contributed by atoms with van der Waals surface area (Å²) in [5.74, 6) is 2.93. The number of nitrogens with zero attached hydrogens (tertiary/aromatic N) is 3. The van der Waals surface area contributed by atoms with Crippen molar-refractivity contribution in [1.29, 1.82) is 0 Å². The highest BCUT2D eigenvalue weighted by molar-refractivity contribution is 8.18. The molecule has 1 aliphatic heterocycles. The van der Waals surface area contributed by atoms with E-state index >= 15 is 0 Å². The molecule has 9 heteroatoms. The highest BCUT2D eigenvalue weighted by Gasteiger charge is 2.27. The van der Waals surface area contributed by atoms with Crippen LogP contribution in [0.2, 0.25) is 0 Å². The third-order valence-corrected chi connectivity index (χ3v) is 6.88. The second-order valence-corrected chi connectivity index (χ2v) is 10.1. The lowest BCUT2D eigenvalue weighted by molar-refractivity contribution is -0.115. The zero-order chi connectivity index (χ0) is 23.8. The fourth-order valence-electron chi connectivity index (χ4n) is 3.76. The van der Waals surface area contributed by atoms with Crippen molar-refractivity contribution in [3.05, 3.63) is 59.3 Å². The van der Waals surface area contributed by atoms with Gasteiger partial charge in [-0.2, -0.15) is 5.10 Å². The van der Waals surface area contributed by atoms with Gasteiger partial charge in [0, 0.05) is 29.6 Å². The van der Waals surface area contributed by atoms with Gasteiger partial charge >= 0.3 is 0 Å². The molecular weight excluding hydrogens is 464 g/mol. The van der Waals surface area contributed by atoms with Gasteiger partial charge in [-0.15, -0.1) is 0 Å². The maximum Gasteiger partial charge on any atom is 0.290 e. The predicted molar refractivity (Wildman–Crippen MR) is 132 cm³/mol. The molecule has 3 aromatic rings. The molecule has 3 heterocycles. The minimum Gasteiger partial charge on any atom is -0.493 e. The van der Waals surface area contributed by atoms with Crippen molar-refractivity contribution in [3.63, 3.8) is 0 Å². The molecule has 0 radical (unpaired) electrons. The molecule has 3 aliphatic rings. The zero-order valence-corrected chi connectivity index (χ0v) is 19.8. The lowest BCUT2D eigenvalue weighted by Gasteiger charge is -2.12. The van der Waals surface area contributed by atoms with Crippen molar-refractivity contribution in [3.8, 4) is 28.6 Å². The number of hydrogen-bond donors (Lipinski definition) is 1. The van der Waals surface area contributed by atoms with E-state index in [0.29, 0.717) is 47.0 Å². The number of hydrogen-bond acceptors (Lipinski definition) is 7. The SMILES string of the molecule is O=C1NC(=O)C(=Cc2cn(-c3ccccn3)nc2-c2cc(OCC3CC3)cc(OCC3CC3)c2)S1. The Morgan fingerprint density at radius 1 is 1.03 bits per heavy atom. The minimum absolute atomic E-state index is 0.322. The van der Waals surface area contributed by atoms with Crippen LogP contribution in [-0.4, -0.2) is 39.1 Å². The minimum atomic E-state index is -0.411. The summed E-state index contributed by atoms with van der Waals surface area (Å²) in [7, 11) is 0. The van der Waals surface area contributed by atoms with Gasteiger partial charge in [-0.25, -0.2) is 9.67 Å². The molecule has 2 aromatic heterocycles. The number of thioether (sulfide) groups is 1. The number of pyridine rings is 1. The molecule has 0 unspecified atom stereocenters. The normalized spacial score (nSPS) is 18.7. The van der Waals surface area contributed by atoms with Crippen LogP contribution >= 0.6 is 11.8 Å². The monoisotopic (exact) mass is 488 g/mol. The molecule has 1 N–H and O–H groups in total. The zero-order valence-electron chi connectivity index (χ0n) is 19.0. The molecule has 1 aromatic carbocycles. The van der Waals surface area contributed by atoms with Crippen molar-refractivity contribution in [2.45, 2.75) is 25.7 Å². The highest BCUT2D eigenvalue weighted by Crippen LogP contribution is 2.37. The molecule has 2 aliphatic carbocycles. The van der Waals surface area contributed by atoms with Crippen LogP contribution in [0.4, 0.5) is 4.79 Å². The average molecular weight is 489 g/mol. The van der Waals surface area contributed by atoms with Gasteiger partial charge in [0.1, 0.15) is 17.2 Å².